The van der Waals surface area contributed by atoms with Gasteiger partial charge >= 0.3 is 6.03 Å². The molecule has 6 nitrogen and oxygen atoms in total. The minimum atomic E-state index is -0.554. The summed E-state index contributed by atoms with van der Waals surface area (Å²) in [6.07, 6.45) is 5.22. The maximum absolute atomic E-state index is 12.0. The molecular weight excluding hydrogens is 318 g/mol. The molecule has 1 aromatic carbocycles. The third-order valence-corrected chi connectivity index (χ3v) is 4.26. The van der Waals surface area contributed by atoms with Crippen LogP contribution in [0.5, 0.6) is 5.75 Å². The maximum atomic E-state index is 12.0. The third-order valence-electron chi connectivity index (χ3n) is 4.26. The van der Waals surface area contributed by atoms with Crippen LogP contribution in [0.3, 0.4) is 0 Å². The molecule has 4 N–H and O–H groups in total. The molecule has 0 bridgehead atoms. The van der Waals surface area contributed by atoms with E-state index in [9.17, 15) is 9.90 Å². The number of rotatable bonds is 8. The lowest BCUT2D eigenvalue weighted by atomic mass is 9.96. The Balaban J connectivity index is 1.70. The second-order valence-electron chi connectivity index (χ2n) is 6.99. The van der Waals surface area contributed by atoms with Crippen LogP contribution in [0.1, 0.15) is 46.0 Å². The summed E-state index contributed by atoms with van der Waals surface area (Å²) >= 11 is 0. The number of carbonyl (C=O) groups excluding carboxylic acids is 1. The summed E-state index contributed by atoms with van der Waals surface area (Å²) in [5, 5.41) is 18.9. The van der Waals surface area contributed by atoms with Crippen molar-refractivity contribution in [2.45, 2.75) is 64.1 Å². The van der Waals surface area contributed by atoms with Gasteiger partial charge in [0.2, 0.25) is 0 Å². The first-order chi connectivity index (χ1) is 12.0. The Morgan fingerprint density at radius 1 is 1.20 bits per heavy atom. The van der Waals surface area contributed by atoms with Crippen LogP contribution in [0.25, 0.3) is 0 Å². The highest BCUT2D eigenvalue weighted by Crippen LogP contribution is 2.18. The predicted molar refractivity (Wildman–Crippen MR) is 100 cm³/mol. The first kappa shape index (κ1) is 19.5. The van der Waals surface area contributed by atoms with E-state index in [2.05, 4.69) is 16.0 Å². The van der Waals surface area contributed by atoms with E-state index in [1.165, 1.54) is 19.3 Å². The Hall–Kier alpha value is -1.79. The van der Waals surface area contributed by atoms with Gasteiger partial charge in [0.25, 0.3) is 0 Å². The molecule has 0 aromatic heterocycles. The minimum absolute atomic E-state index is 0.157. The van der Waals surface area contributed by atoms with Crippen molar-refractivity contribution >= 4 is 11.7 Å². The van der Waals surface area contributed by atoms with Crippen molar-refractivity contribution in [3.63, 3.8) is 0 Å². The molecule has 0 heterocycles. The second-order valence-corrected chi connectivity index (χ2v) is 6.99. The highest BCUT2D eigenvalue weighted by atomic mass is 16.5. The number of aliphatic hydroxyl groups excluding tert-OH is 1. The summed E-state index contributed by atoms with van der Waals surface area (Å²) in [5.74, 6) is 0.668. The molecule has 1 fully saturated rings. The van der Waals surface area contributed by atoms with Gasteiger partial charge in [-0.1, -0.05) is 33.1 Å². The topological polar surface area (TPSA) is 82.6 Å². The van der Waals surface area contributed by atoms with Crippen molar-refractivity contribution < 1.29 is 14.6 Å². The molecule has 1 unspecified atom stereocenters. The van der Waals surface area contributed by atoms with E-state index in [1.54, 1.807) is 24.3 Å². The van der Waals surface area contributed by atoms with Crippen molar-refractivity contribution in [3.8, 4) is 5.75 Å². The van der Waals surface area contributed by atoms with Gasteiger partial charge in [-0.05, 0) is 37.1 Å². The quantitative estimate of drug-likeness (QED) is 0.582. The zero-order valence-electron chi connectivity index (χ0n) is 15.3. The first-order valence-corrected chi connectivity index (χ1v) is 9.25. The predicted octanol–water partition coefficient (Wildman–Crippen LogP) is 2.88. The highest BCUT2D eigenvalue weighted by Gasteiger charge is 2.15. The normalized spacial score (nSPS) is 16.5. The Morgan fingerprint density at radius 3 is 2.52 bits per heavy atom. The SMILES string of the molecule is CC(C)NCC(O)COc1ccc(NC(=O)NC2CCCCC2)cc1. The van der Waals surface area contributed by atoms with Crippen molar-refractivity contribution in [1.82, 2.24) is 10.6 Å². The summed E-state index contributed by atoms with van der Waals surface area (Å²) in [6.45, 7) is 4.79. The number of aliphatic hydroxyl groups is 1. The summed E-state index contributed by atoms with van der Waals surface area (Å²) in [4.78, 5) is 12.0. The average molecular weight is 349 g/mol. The molecule has 6 heteroatoms. The number of amides is 2. The fraction of sp³-hybridized carbons (Fsp3) is 0.632. The number of benzene rings is 1. The fourth-order valence-corrected chi connectivity index (χ4v) is 2.86. The molecule has 25 heavy (non-hydrogen) atoms. The highest BCUT2D eigenvalue weighted by molar-refractivity contribution is 5.89. The molecule has 0 saturated heterocycles. The standard InChI is InChI=1S/C19H31N3O3/c1-14(2)20-12-17(23)13-25-18-10-8-16(9-11-18)22-19(24)21-15-6-4-3-5-7-15/h8-11,14-15,17,20,23H,3-7,12-13H2,1-2H3,(H2,21,22,24). The Morgan fingerprint density at radius 2 is 1.88 bits per heavy atom. The average Bonchev–Trinajstić information content (AvgIpc) is 2.60. The molecule has 2 rings (SSSR count). The van der Waals surface area contributed by atoms with E-state index in [0.717, 1.165) is 18.5 Å². The molecule has 1 saturated carbocycles. The van der Waals surface area contributed by atoms with E-state index in [1.807, 2.05) is 13.8 Å². The van der Waals surface area contributed by atoms with E-state index < -0.39 is 6.10 Å². The van der Waals surface area contributed by atoms with Gasteiger partial charge < -0.3 is 25.8 Å². The maximum Gasteiger partial charge on any atom is 0.319 e. The van der Waals surface area contributed by atoms with Crippen LogP contribution in [-0.2, 0) is 0 Å². The smallest absolute Gasteiger partial charge is 0.319 e. The first-order valence-electron chi connectivity index (χ1n) is 9.25. The number of nitrogens with one attached hydrogen (secondary N) is 3. The van der Waals surface area contributed by atoms with Crippen LogP contribution < -0.4 is 20.7 Å². The van der Waals surface area contributed by atoms with Gasteiger partial charge in [-0.3, -0.25) is 0 Å². The molecule has 0 spiro atoms. The zero-order chi connectivity index (χ0) is 18.1. The van der Waals surface area contributed by atoms with Crippen LogP contribution in [0, 0.1) is 0 Å². The lowest BCUT2D eigenvalue weighted by Crippen LogP contribution is -2.39. The monoisotopic (exact) mass is 349 g/mol. The van der Waals surface area contributed by atoms with Crippen molar-refractivity contribution in [2.24, 2.45) is 0 Å². The molecule has 1 aliphatic carbocycles. The number of anilines is 1. The van der Waals surface area contributed by atoms with Crippen LogP contribution in [-0.4, -0.2) is 42.5 Å². The van der Waals surface area contributed by atoms with Gasteiger partial charge in [-0.2, -0.15) is 0 Å². The molecule has 0 radical (unpaired) electrons. The lowest BCUT2D eigenvalue weighted by molar-refractivity contribution is 0.104. The molecule has 140 valence electrons. The fourth-order valence-electron chi connectivity index (χ4n) is 2.86. The van der Waals surface area contributed by atoms with Gasteiger partial charge in [0.1, 0.15) is 18.5 Å². The minimum Gasteiger partial charge on any atom is -0.491 e. The summed E-state index contributed by atoms with van der Waals surface area (Å²) < 4.78 is 5.56. The lowest BCUT2D eigenvalue weighted by Gasteiger charge is -2.22. The molecule has 1 aliphatic rings. The number of urea groups is 1. The van der Waals surface area contributed by atoms with Gasteiger partial charge in [0.05, 0.1) is 0 Å². The molecule has 0 aliphatic heterocycles. The van der Waals surface area contributed by atoms with Crippen LogP contribution >= 0.6 is 0 Å². The van der Waals surface area contributed by atoms with E-state index in [0.29, 0.717) is 18.3 Å². The molecule has 1 atom stereocenters. The Kier molecular flexibility index (Phi) is 8.01. The van der Waals surface area contributed by atoms with E-state index in [4.69, 9.17) is 4.74 Å². The van der Waals surface area contributed by atoms with Gasteiger partial charge in [0, 0.05) is 24.3 Å². The van der Waals surface area contributed by atoms with Crippen LogP contribution in [0.2, 0.25) is 0 Å². The van der Waals surface area contributed by atoms with Gasteiger partial charge in [-0.25, -0.2) is 4.79 Å². The summed E-state index contributed by atoms with van der Waals surface area (Å²) in [6, 6.07) is 7.65. The van der Waals surface area contributed by atoms with Crippen molar-refractivity contribution in [3.05, 3.63) is 24.3 Å². The second kappa shape index (κ2) is 10.3. The molecule has 1 aromatic rings. The van der Waals surface area contributed by atoms with E-state index >= 15 is 0 Å². The third kappa shape index (κ3) is 7.75. The Bertz CT molecular complexity index is 513. The van der Waals surface area contributed by atoms with Crippen LogP contribution in [0.4, 0.5) is 10.5 Å². The molecular formula is C19H31N3O3. The van der Waals surface area contributed by atoms with Crippen LogP contribution in [0.15, 0.2) is 24.3 Å². The van der Waals surface area contributed by atoms with Gasteiger partial charge in [0.15, 0.2) is 0 Å². The zero-order valence-corrected chi connectivity index (χ0v) is 15.3. The number of hydrogen-bond donors (Lipinski definition) is 4. The van der Waals surface area contributed by atoms with Gasteiger partial charge in [-0.15, -0.1) is 0 Å². The number of carbonyl (C=O) groups is 1. The number of hydrogen-bond acceptors (Lipinski definition) is 4. The number of ether oxygens (including phenoxy) is 1. The summed E-state index contributed by atoms with van der Waals surface area (Å²) in [5.41, 5.74) is 0.725. The molecule has 2 amide bonds. The van der Waals surface area contributed by atoms with Crippen molar-refractivity contribution in [2.75, 3.05) is 18.5 Å². The largest absolute Gasteiger partial charge is 0.491 e. The summed E-state index contributed by atoms with van der Waals surface area (Å²) in [7, 11) is 0. The van der Waals surface area contributed by atoms with Crippen molar-refractivity contribution in [1.29, 1.82) is 0 Å². The Labute approximate surface area is 150 Å². The van der Waals surface area contributed by atoms with E-state index in [-0.39, 0.29) is 18.7 Å².